The lowest BCUT2D eigenvalue weighted by Gasteiger charge is -2.25. The lowest BCUT2D eigenvalue weighted by atomic mass is 9.83. The Hall–Kier alpha value is -0.440. The molecule has 0 aromatic carbocycles. The molecular formula is C17H29NOS. The fourth-order valence-electron chi connectivity index (χ4n) is 3.21. The maximum atomic E-state index is 12.3. The average Bonchev–Trinajstić information content (AvgIpc) is 2.97. The van der Waals surface area contributed by atoms with Gasteiger partial charge in [-0.1, -0.05) is 25.8 Å². The minimum atomic E-state index is 0.221. The highest BCUT2D eigenvalue weighted by Gasteiger charge is 2.21. The molecule has 0 bridgehead atoms. The molecule has 1 atom stereocenters. The monoisotopic (exact) mass is 295 g/mol. The minimum Gasteiger partial charge on any atom is -0.338 e. The fraction of sp³-hybridized carbons (Fsp3) is 0.824. The van der Waals surface area contributed by atoms with Crippen LogP contribution < -0.4 is 0 Å². The molecule has 114 valence electrons. The van der Waals surface area contributed by atoms with Crippen molar-refractivity contribution < 1.29 is 4.79 Å². The molecule has 0 aromatic rings. The summed E-state index contributed by atoms with van der Waals surface area (Å²) in [4.78, 5) is 14.3. The van der Waals surface area contributed by atoms with Crippen LogP contribution in [0.3, 0.4) is 0 Å². The second-order valence-electron chi connectivity index (χ2n) is 6.39. The van der Waals surface area contributed by atoms with E-state index in [9.17, 15) is 4.79 Å². The maximum Gasteiger partial charge on any atom is 0.246 e. The van der Waals surface area contributed by atoms with Gasteiger partial charge in [0.25, 0.3) is 0 Å². The Balaban J connectivity index is 1.78. The van der Waals surface area contributed by atoms with Gasteiger partial charge in [0, 0.05) is 18.3 Å². The standard InChI is InChI=1S/C17H29NOS/c1-3-18(13-16-5-4-12-20-16)17(19)11-10-15-8-6-14(2)7-9-15/h10-11,14-16H,3-9,12-13H2,1-2H3/b11-10+. The van der Waals surface area contributed by atoms with Gasteiger partial charge in [-0.3, -0.25) is 4.79 Å². The highest BCUT2D eigenvalue weighted by Crippen LogP contribution is 2.29. The SMILES string of the molecule is CCN(CC1CCCS1)C(=O)/C=C/C1CCC(C)CC1. The molecule has 3 heteroatoms. The third-order valence-electron chi connectivity index (χ3n) is 4.71. The zero-order valence-corrected chi connectivity index (χ0v) is 13.8. The van der Waals surface area contributed by atoms with Crippen LogP contribution in [0, 0.1) is 11.8 Å². The van der Waals surface area contributed by atoms with Crippen LogP contribution in [0.5, 0.6) is 0 Å². The molecule has 0 N–H and O–H groups in total. The predicted octanol–water partition coefficient (Wildman–Crippen LogP) is 4.11. The first-order chi connectivity index (χ1) is 9.69. The molecular weight excluding hydrogens is 266 g/mol. The molecule has 0 radical (unpaired) electrons. The van der Waals surface area contributed by atoms with E-state index in [0.717, 1.165) is 19.0 Å². The number of amides is 1. The van der Waals surface area contributed by atoms with Gasteiger partial charge < -0.3 is 4.90 Å². The molecule has 1 aliphatic heterocycles. The Bertz CT molecular complexity index is 328. The van der Waals surface area contributed by atoms with Crippen molar-refractivity contribution in [2.24, 2.45) is 11.8 Å². The quantitative estimate of drug-likeness (QED) is 0.711. The molecule has 20 heavy (non-hydrogen) atoms. The normalized spacial score (nSPS) is 30.8. The highest BCUT2D eigenvalue weighted by atomic mass is 32.2. The second-order valence-corrected chi connectivity index (χ2v) is 7.80. The Morgan fingerprint density at radius 3 is 2.60 bits per heavy atom. The third kappa shape index (κ3) is 4.83. The molecule has 0 spiro atoms. The molecule has 1 aliphatic carbocycles. The van der Waals surface area contributed by atoms with Gasteiger partial charge in [-0.05, 0) is 56.3 Å². The van der Waals surface area contributed by atoms with Gasteiger partial charge in [-0.2, -0.15) is 11.8 Å². The number of hydrogen-bond donors (Lipinski definition) is 0. The van der Waals surface area contributed by atoms with E-state index < -0.39 is 0 Å². The van der Waals surface area contributed by atoms with Gasteiger partial charge >= 0.3 is 0 Å². The van der Waals surface area contributed by atoms with Crippen molar-refractivity contribution in [3.8, 4) is 0 Å². The molecule has 1 saturated heterocycles. The van der Waals surface area contributed by atoms with E-state index in [4.69, 9.17) is 0 Å². The van der Waals surface area contributed by atoms with E-state index in [1.807, 2.05) is 22.7 Å². The van der Waals surface area contributed by atoms with Gasteiger partial charge in [0.05, 0.1) is 0 Å². The summed E-state index contributed by atoms with van der Waals surface area (Å²) in [6, 6.07) is 0. The van der Waals surface area contributed by atoms with E-state index >= 15 is 0 Å². The number of likely N-dealkylation sites (N-methyl/N-ethyl adjacent to an activating group) is 1. The van der Waals surface area contributed by atoms with Crippen LogP contribution in [-0.2, 0) is 4.79 Å². The summed E-state index contributed by atoms with van der Waals surface area (Å²) in [7, 11) is 0. The van der Waals surface area contributed by atoms with E-state index in [1.54, 1.807) is 0 Å². The Kier molecular flexibility index (Phi) is 6.47. The van der Waals surface area contributed by atoms with Crippen molar-refractivity contribution >= 4 is 17.7 Å². The van der Waals surface area contributed by atoms with E-state index in [2.05, 4.69) is 19.9 Å². The highest BCUT2D eigenvalue weighted by molar-refractivity contribution is 8.00. The Morgan fingerprint density at radius 1 is 1.25 bits per heavy atom. The Morgan fingerprint density at radius 2 is 2.00 bits per heavy atom. The van der Waals surface area contributed by atoms with Crippen molar-refractivity contribution in [2.45, 2.75) is 57.6 Å². The van der Waals surface area contributed by atoms with Crippen molar-refractivity contribution in [1.29, 1.82) is 0 Å². The van der Waals surface area contributed by atoms with Crippen LogP contribution in [-0.4, -0.2) is 34.9 Å². The molecule has 2 nitrogen and oxygen atoms in total. The molecule has 2 rings (SSSR count). The van der Waals surface area contributed by atoms with Gasteiger partial charge in [0.1, 0.15) is 0 Å². The topological polar surface area (TPSA) is 20.3 Å². The number of nitrogens with zero attached hydrogens (tertiary/aromatic N) is 1. The zero-order chi connectivity index (χ0) is 14.4. The van der Waals surface area contributed by atoms with Crippen LogP contribution in [0.1, 0.15) is 52.4 Å². The molecule has 1 heterocycles. The average molecular weight is 295 g/mol. The summed E-state index contributed by atoms with van der Waals surface area (Å²) < 4.78 is 0. The van der Waals surface area contributed by atoms with Gasteiger partial charge in [0.2, 0.25) is 5.91 Å². The third-order valence-corrected chi connectivity index (χ3v) is 6.09. The van der Waals surface area contributed by atoms with Gasteiger partial charge in [-0.25, -0.2) is 0 Å². The van der Waals surface area contributed by atoms with Crippen LogP contribution >= 0.6 is 11.8 Å². The van der Waals surface area contributed by atoms with E-state index in [-0.39, 0.29) is 5.91 Å². The van der Waals surface area contributed by atoms with Crippen LogP contribution in [0.2, 0.25) is 0 Å². The molecule has 2 fully saturated rings. The summed E-state index contributed by atoms with van der Waals surface area (Å²) >= 11 is 2.03. The van der Waals surface area contributed by atoms with Gasteiger partial charge in [0.15, 0.2) is 0 Å². The summed E-state index contributed by atoms with van der Waals surface area (Å²) in [5.41, 5.74) is 0. The smallest absolute Gasteiger partial charge is 0.246 e. The number of carbonyl (C=O) groups is 1. The number of thioether (sulfide) groups is 1. The van der Waals surface area contributed by atoms with Crippen LogP contribution in [0.15, 0.2) is 12.2 Å². The Labute approximate surface area is 128 Å². The second kappa shape index (κ2) is 8.11. The number of allylic oxidation sites excluding steroid dienone is 1. The lowest BCUT2D eigenvalue weighted by molar-refractivity contribution is -0.125. The largest absolute Gasteiger partial charge is 0.338 e. The van der Waals surface area contributed by atoms with Crippen molar-refractivity contribution in [1.82, 2.24) is 4.90 Å². The molecule has 1 amide bonds. The maximum absolute atomic E-state index is 12.3. The predicted molar refractivity (Wildman–Crippen MR) is 88.0 cm³/mol. The zero-order valence-electron chi connectivity index (χ0n) is 13.0. The van der Waals surface area contributed by atoms with Crippen molar-refractivity contribution in [3.05, 3.63) is 12.2 Å². The molecule has 1 saturated carbocycles. The molecule has 0 aromatic heterocycles. The summed E-state index contributed by atoms with van der Waals surface area (Å²) in [5, 5.41) is 0.669. The number of hydrogen-bond acceptors (Lipinski definition) is 2. The van der Waals surface area contributed by atoms with Crippen molar-refractivity contribution in [3.63, 3.8) is 0 Å². The van der Waals surface area contributed by atoms with E-state index in [1.165, 1.54) is 44.3 Å². The van der Waals surface area contributed by atoms with Crippen LogP contribution in [0.4, 0.5) is 0 Å². The first kappa shape index (κ1) is 15.9. The molecule has 1 unspecified atom stereocenters. The minimum absolute atomic E-state index is 0.221. The number of carbonyl (C=O) groups excluding carboxylic acids is 1. The number of rotatable bonds is 5. The van der Waals surface area contributed by atoms with E-state index in [0.29, 0.717) is 11.2 Å². The summed E-state index contributed by atoms with van der Waals surface area (Å²) in [6.45, 7) is 6.20. The first-order valence-corrected chi connectivity index (χ1v) is 9.32. The lowest BCUT2D eigenvalue weighted by Crippen LogP contribution is -2.34. The summed E-state index contributed by atoms with van der Waals surface area (Å²) in [6.07, 6.45) is 11.8. The first-order valence-electron chi connectivity index (χ1n) is 8.27. The van der Waals surface area contributed by atoms with Crippen molar-refractivity contribution in [2.75, 3.05) is 18.8 Å². The van der Waals surface area contributed by atoms with Gasteiger partial charge in [-0.15, -0.1) is 0 Å². The molecule has 2 aliphatic rings. The fourth-order valence-corrected chi connectivity index (χ4v) is 4.50. The van der Waals surface area contributed by atoms with Crippen LogP contribution in [0.25, 0.3) is 0 Å². The summed E-state index contributed by atoms with van der Waals surface area (Å²) in [5.74, 6) is 3.00.